The molecule has 2 amide bonds. The van der Waals surface area contributed by atoms with Crippen LogP contribution in [0.4, 0.5) is 20.2 Å². The lowest BCUT2D eigenvalue weighted by Gasteiger charge is -2.20. The van der Waals surface area contributed by atoms with E-state index >= 15 is 0 Å². The number of carbonyl (C=O) groups excluding carboxylic acids is 2. The summed E-state index contributed by atoms with van der Waals surface area (Å²) in [5.41, 5.74) is 1.06. The van der Waals surface area contributed by atoms with Crippen LogP contribution in [0, 0.1) is 0 Å². The van der Waals surface area contributed by atoms with Crippen molar-refractivity contribution in [3.05, 3.63) is 53.6 Å². The highest BCUT2D eigenvalue weighted by atomic mass is 32.2. The Kier molecular flexibility index (Phi) is 7.33. The average molecular weight is 441 g/mol. The predicted molar refractivity (Wildman–Crippen MR) is 108 cm³/mol. The van der Waals surface area contributed by atoms with Crippen molar-refractivity contribution in [3.63, 3.8) is 0 Å². The molecule has 30 heavy (non-hydrogen) atoms. The van der Waals surface area contributed by atoms with E-state index in [0.717, 1.165) is 6.26 Å². The summed E-state index contributed by atoms with van der Waals surface area (Å²) in [6.07, 6.45) is 0.954. The van der Waals surface area contributed by atoms with Crippen LogP contribution in [-0.2, 0) is 21.4 Å². The normalized spacial score (nSPS) is 11.1. The molecule has 2 rings (SSSR count). The zero-order valence-corrected chi connectivity index (χ0v) is 17.3. The first-order valence-corrected chi connectivity index (χ1v) is 10.5. The van der Waals surface area contributed by atoms with Gasteiger partial charge in [-0.15, -0.1) is 0 Å². The van der Waals surface area contributed by atoms with E-state index in [1.165, 1.54) is 61.3 Å². The highest BCUT2D eigenvalue weighted by molar-refractivity contribution is 7.92. The summed E-state index contributed by atoms with van der Waals surface area (Å²) in [6.45, 7) is -1.51. The Labute approximate surface area is 172 Å². The molecule has 0 saturated carbocycles. The first-order valence-electron chi connectivity index (χ1n) is 8.63. The van der Waals surface area contributed by atoms with Crippen molar-refractivity contribution in [2.24, 2.45) is 0 Å². The minimum atomic E-state index is -3.65. The number of hydrogen-bond acceptors (Lipinski definition) is 5. The van der Waals surface area contributed by atoms with Crippen molar-refractivity contribution in [1.29, 1.82) is 0 Å². The van der Waals surface area contributed by atoms with Gasteiger partial charge in [-0.05, 0) is 35.9 Å². The minimum absolute atomic E-state index is 0.00891. The number of hydrogen-bond donors (Lipinski definition) is 2. The molecule has 2 N–H and O–H groups in total. The van der Waals surface area contributed by atoms with Gasteiger partial charge in [-0.25, -0.2) is 8.42 Å². The number of nitrogens with zero attached hydrogens (tertiary/aromatic N) is 1. The van der Waals surface area contributed by atoms with Gasteiger partial charge in [0.1, 0.15) is 5.75 Å². The molecule has 0 heterocycles. The second-order valence-electron chi connectivity index (χ2n) is 6.50. The van der Waals surface area contributed by atoms with Crippen LogP contribution in [0.1, 0.15) is 22.8 Å². The maximum absolute atomic E-state index is 13.0. The SMILES string of the molecule is CC(=O)Nc1ccc(NS(C)(=O)=O)c(C(=O)N(C)Cc2ccc(OC(F)F)cc2)c1. The van der Waals surface area contributed by atoms with E-state index in [9.17, 15) is 26.8 Å². The molecule has 0 spiro atoms. The third kappa shape index (κ3) is 6.99. The van der Waals surface area contributed by atoms with Gasteiger partial charge in [0.2, 0.25) is 15.9 Å². The summed E-state index contributed by atoms with van der Waals surface area (Å²) < 4.78 is 54.3. The molecule has 0 fully saturated rings. The molecule has 0 saturated heterocycles. The van der Waals surface area contributed by atoms with Crippen molar-refractivity contribution in [2.45, 2.75) is 20.1 Å². The fourth-order valence-corrected chi connectivity index (χ4v) is 3.20. The molecule has 0 aliphatic heterocycles. The smallest absolute Gasteiger partial charge is 0.387 e. The first kappa shape index (κ1) is 23.1. The Bertz CT molecular complexity index is 1030. The molecule has 0 unspecified atom stereocenters. The Hall–Kier alpha value is -3.21. The standard InChI is InChI=1S/C19H21F2N3O5S/c1-12(25)22-14-6-9-17(23-30(3,27)28)16(10-14)18(26)24(2)11-13-4-7-15(8-5-13)29-19(20)21/h4-10,19,23H,11H2,1-3H3,(H,22,25). The van der Waals surface area contributed by atoms with E-state index in [-0.39, 0.29) is 29.5 Å². The van der Waals surface area contributed by atoms with Crippen LogP contribution in [-0.4, -0.2) is 45.0 Å². The topological polar surface area (TPSA) is 105 Å². The highest BCUT2D eigenvalue weighted by Crippen LogP contribution is 2.24. The molecule has 2 aromatic rings. The number of anilines is 2. The molecule has 0 aliphatic rings. The van der Waals surface area contributed by atoms with Gasteiger partial charge >= 0.3 is 6.61 Å². The van der Waals surface area contributed by atoms with Gasteiger partial charge in [0, 0.05) is 26.2 Å². The van der Waals surface area contributed by atoms with E-state index < -0.39 is 22.5 Å². The quantitative estimate of drug-likeness (QED) is 0.656. The molecule has 8 nitrogen and oxygen atoms in total. The fourth-order valence-electron chi connectivity index (χ4n) is 2.62. The summed E-state index contributed by atoms with van der Waals surface area (Å²) in [6, 6.07) is 9.99. The second-order valence-corrected chi connectivity index (χ2v) is 8.25. The number of halogens is 2. The summed E-state index contributed by atoms with van der Waals surface area (Å²) in [5.74, 6) is -0.872. The van der Waals surface area contributed by atoms with Crippen LogP contribution in [0.15, 0.2) is 42.5 Å². The molecular weight excluding hydrogens is 420 g/mol. The van der Waals surface area contributed by atoms with Crippen LogP contribution < -0.4 is 14.8 Å². The van der Waals surface area contributed by atoms with Gasteiger partial charge in [0.15, 0.2) is 0 Å². The Morgan fingerprint density at radius 3 is 2.30 bits per heavy atom. The molecule has 0 atom stereocenters. The number of rotatable bonds is 8. The number of sulfonamides is 1. The van der Waals surface area contributed by atoms with E-state index in [4.69, 9.17) is 0 Å². The lowest BCUT2D eigenvalue weighted by atomic mass is 10.1. The van der Waals surface area contributed by atoms with Crippen LogP contribution in [0.2, 0.25) is 0 Å². The van der Waals surface area contributed by atoms with Crippen molar-refractivity contribution in [3.8, 4) is 5.75 Å². The van der Waals surface area contributed by atoms with Gasteiger partial charge in [-0.2, -0.15) is 8.78 Å². The molecule has 0 bridgehead atoms. The van der Waals surface area contributed by atoms with Crippen LogP contribution in [0.5, 0.6) is 5.75 Å². The van der Waals surface area contributed by atoms with E-state index in [2.05, 4.69) is 14.8 Å². The number of alkyl halides is 2. The van der Waals surface area contributed by atoms with Crippen molar-refractivity contribution >= 4 is 33.2 Å². The molecule has 0 aromatic heterocycles. The maximum Gasteiger partial charge on any atom is 0.387 e. The lowest BCUT2D eigenvalue weighted by molar-refractivity contribution is -0.114. The minimum Gasteiger partial charge on any atom is -0.435 e. The third-order valence-electron chi connectivity index (χ3n) is 3.78. The van der Waals surface area contributed by atoms with E-state index in [1.807, 2.05) is 0 Å². The Morgan fingerprint density at radius 1 is 1.13 bits per heavy atom. The van der Waals surface area contributed by atoms with Crippen molar-refractivity contribution in [1.82, 2.24) is 4.90 Å². The molecule has 162 valence electrons. The summed E-state index contributed by atoms with van der Waals surface area (Å²) in [5, 5.41) is 2.54. The van der Waals surface area contributed by atoms with Crippen LogP contribution in [0.25, 0.3) is 0 Å². The van der Waals surface area contributed by atoms with Gasteiger partial charge < -0.3 is 15.0 Å². The summed E-state index contributed by atoms with van der Waals surface area (Å²) in [4.78, 5) is 25.6. The average Bonchev–Trinajstić information content (AvgIpc) is 2.62. The van der Waals surface area contributed by atoms with E-state index in [1.54, 1.807) is 0 Å². The van der Waals surface area contributed by atoms with Crippen molar-refractivity contribution < 1.29 is 31.5 Å². The monoisotopic (exact) mass is 441 g/mol. The molecular formula is C19H21F2N3O5S. The zero-order chi connectivity index (χ0) is 22.5. The number of nitrogens with one attached hydrogen (secondary N) is 2. The highest BCUT2D eigenvalue weighted by Gasteiger charge is 2.19. The second kappa shape index (κ2) is 9.53. The summed E-state index contributed by atoms with van der Waals surface area (Å²) >= 11 is 0. The lowest BCUT2D eigenvalue weighted by Crippen LogP contribution is -2.27. The van der Waals surface area contributed by atoms with Gasteiger partial charge in [0.25, 0.3) is 5.91 Å². The van der Waals surface area contributed by atoms with E-state index in [0.29, 0.717) is 11.3 Å². The maximum atomic E-state index is 13.0. The molecule has 0 aliphatic carbocycles. The number of amides is 2. The van der Waals surface area contributed by atoms with Crippen LogP contribution >= 0.6 is 0 Å². The Balaban J connectivity index is 2.26. The number of ether oxygens (including phenoxy) is 1. The first-order chi connectivity index (χ1) is 13.9. The van der Waals surface area contributed by atoms with Gasteiger partial charge in [-0.1, -0.05) is 12.1 Å². The largest absolute Gasteiger partial charge is 0.435 e. The fraction of sp³-hybridized carbons (Fsp3) is 0.263. The number of benzene rings is 2. The van der Waals surface area contributed by atoms with Crippen molar-refractivity contribution in [2.75, 3.05) is 23.3 Å². The van der Waals surface area contributed by atoms with Crippen LogP contribution in [0.3, 0.4) is 0 Å². The number of carbonyl (C=O) groups is 2. The molecule has 11 heteroatoms. The predicted octanol–water partition coefficient (Wildman–Crippen LogP) is 2.89. The molecule has 2 aromatic carbocycles. The summed E-state index contributed by atoms with van der Waals surface area (Å²) in [7, 11) is -2.15. The Morgan fingerprint density at radius 2 is 1.77 bits per heavy atom. The van der Waals surface area contributed by atoms with Gasteiger partial charge in [0.05, 0.1) is 17.5 Å². The molecule has 0 radical (unpaired) electrons. The van der Waals surface area contributed by atoms with Gasteiger partial charge in [-0.3, -0.25) is 14.3 Å². The zero-order valence-electron chi connectivity index (χ0n) is 16.5. The third-order valence-corrected chi connectivity index (χ3v) is 4.37.